The minimum Gasteiger partial charge on any atom is -0.356 e. The number of carbonyl (C=O) groups is 1. The predicted molar refractivity (Wildman–Crippen MR) is 95.5 cm³/mol. The van der Waals surface area contributed by atoms with Crippen molar-refractivity contribution in [2.75, 3.05) is 13.1 Å². The number of nitrogens with zero attached hydrogens (tertiary/aromatic N) is 1. The van der Waals surface area contributed by atoms with Gasteiger partial charge in [-0.3, -0.25) is 9.69 Å². The average molecular weight is 379 g/mol. The summed E-state index contributed by atoms with van der Waals surface area (Å²) >= 11 is 12.5. The molecule has 3 nitrogen and oxygen atoms in total. The molecule has 1 aliphatic carbocycles. The molecule has 6 heteroatoms. The van der Waals surface area contributed by atoms with Crippen LogP contribution in [-0.4, -0.2) is 29.5 Å². The highest BCUT2D eigenvalue weighted by atomic mass is 35.5. The van der Waals surface area contributed by atoms with Crippen LogP contribution in [0.15, 0.2) is 18.2 Å². The first-order valence-corrected chi connectivity index (χ1v) is 8.70. The zero-order valence-corrected chi connectivity index (χ0v) is 15.4. The Morgan fingerprint density at radius 1 is 1.13 bits per heavy atom. The molecule has 0 radical (unpaired) electrons. The number of ketones is 1. The number of Topliss-reactive ketones (excluding diaryl/α,β-unsaturated/α-hetero) is 1. The summed E-state index contributed by atoms with van der Waals surface area (Å²) < 4.78 is 6.36. The molecule has 0 N–H and O–H groups in total. The zero-order valence-electron chi connectivity index (χ0n) is 13.0. The van der Waals surface area contributed by atoms with E-state index in [1.165, 1.54) is 6.42 Å². The fourth-order valence-corrected chi connectivity index (χ4v) is 4.02. The molecule has 1 aromatic rings. The average Bonchev–Trinajstić information content (AvgIpc) is 2.95. The maximum Gasteiger partial charge on any atom is 0.148 e. The highest BCUT2D eigenvalue weighted by molar-refractivity contribution is 6.35. The molecule has 0 spiro atoms. The molecule has 2 aliphatic rings. The van der Waals surface area contributed by atoms with Gasteiger partial charge in [0, 0.05) is 28.6 Å². The van der Waals surface area contributed by atoms with E-state index in [0.717, 1.165) is 37.8 Å². The first-order valence-electron chi connectivity index (χ1n) is 7.94. The lowest BCUT2D eigenvalue weighted by Crippen LogP contribution is -2.51. The molecule has 3 rings (SSSR count). The number of likely N-dealkylation sites (tertiary alicyclic amines) is 1. The largest absolute Gasteiger partial charge is 0.356 e. The normalized spacial score (nSPS) is 21.2. The third-order valence-corrected chi connectivity index (χ3v) is 5.49. The van der Waals surface area contributed by atoms with E-state index in [2.05, 4.69) is 4.90 Å². The van der Waals surface area contributed by atoms with Crippen molar-refractivity contribution in [2.45, 2.75) is 50.9 Å². The number of rotatable bonds is 4. The number of hydrogen-bond acceptors (Lipinski definition) is 3. The van der Waals surface area contributed by atoms with Crippen molar-refractivity contribution in [3.63, 3.8) is 0 Å². The molecule has 1 saturated carbocycles. The summed E-state index contributed by atoms with van der Waals surface area (Å²) in [7, 11) is 0. The Balaban J connectivity index is 0.00000192. The number of halogens is 3. The van der Waals surface area contributed by atoms with E-state index >= 15 is 0 Å². The Morgan fingerprint density at radius 3 is 2.35 bits per heavy atom. The molecule has 128 valence electrons. The van der Waals surface area contributed by atoms with E-state index in [-0.39, 0.29) is 18.1 Å². The van der Waals surface area contributed by atoms with Crippen LogP contribution in [-0.2, 0) is 16.1 Å². The van der Waals surface area contributed by atoms with Crippen molar-refractivity contribution in [3.05, 3.63) is 33.8 Å². The van der Waals surface area contributed by atoms with Gasteiger partial charge in [-0.15, -0.1) is 12.4 Å². The Labute approximate surface area is 153 Å². The summed E-state index contributed by atoms with van der Waals surface area (Å²) in [6, 6.07) is 5.50. The number of benzene rings is 1. The van der Waals surface area contributed by atoms with E-state index in [1.54, 1.807) is 0 Å². The van der Waals surface area contributed by atoms with Gasteiger partial charge in [-0.2, -0.15) is 0 Å². The maximum atomic E-state index is 11.7. The zero-order chi connectivity index (χ0) is 15.6. The molecule has 23 heavy (non-hydrogen) atoms. The minimum absolute atomic E-state index is 0. The quantitative estimate of drug-likeness (QED) is 0.749. The van der Waals surface area contributed by atoms with Crippen LogP contribution in [0.4, 0.5) is 0 Å². The fraction of sp³-hybridized carbons (Fsp3) is 0.588. The predicted octanol–water partition coefficient (Wildman–Crippen LogP) is 4.87. The smallest absolute Gasteiger partial charge is 0.148 e. The highest BCUT2D eigenvalue weighted by Gasteiger charge is 2.42. The number of hydrogen-bond donors (Lipinski definition) is 0. The molecular formula is C17H22Cl3NO2. The first-order chi connectivity index (χ1) is 10.6. The van der Waals surface area contributed by atoms with Gasteiger partial charge in [-0.1, -0.05) is 35.7 Å². The standard InChI is InChI=1S/C17H21Cl2NO2.ClH/c18-15-5-4-6-16(19)14(15)12-22-17(8-2-1-3-9-17)20-10-7-13(21)11-20;/h4-6H,1-3,7-12H2;1H. The summed E-state index contributed by atoms with van der Waals surface area (Å²) in [5.41, 5.74) is 0.508. The molecule has 0 atom stereocenters. The second-order valence-corrected chi connectivity index (χ2v) is 7.02. The van der Waals surface area contributed by atoms with Crippen LogP contribution in [0.1, 0.15) is 44.1 Å². The third kappa shape index (κ3) is 4.21. The summed E-state index contributed by atoms with van der Waals surface area (Å²) in [4.78, 5) is 13.9. The lowest BCUT2D eigenvalue weighted by molar-refractivity contribution is -0.177. The number of carbonyl (C=O) groups excluding carboxylic acids is 1. The maximum absolute atomic E-state index is 11.7. The van der Waals surface area contributed by atoms with Crippen LogP contribution >= 0.6 is 35.6 Å². The van der Waals surface area contributed by atoms with Gasteiger partial charge < -0.3 is 4.74 Å². The van der Waals surface area contributed by atoms with Gasteiger partial charge in [0.1, 0.15) is 11.5 Å². The monoisotopic (exact) mass is 377 g/mol. The van der Waals surface area contributed by atoms with Crippen LogP contribution in [0, 0.1) is 0 Å². The van der Waals surface area contributed by atoms with Crippen molar-refractivity contribution in [2.24, 2.45) is 0 Å². The van der Waals surface area contributed by atoms with Crippen molar-refractivity contribution in [1.82, 2.24) is 4.90 Å². The van der Waals surface area contributed by atoms with E-state index in [1.807, 2.05) is 18.2 Å². The van der Waals surface area contributed by atoms with Gasteiger partial charge in [0.15, 0.2) is 0 Å². The van der Waals surface area contributed by atoms with Crippen LogP contribution in [0.5, 0.6) is 0 Å². The third-order valence-electron chi connectivity index (χ3n) is 4.79. The summed E-state index contributed by atoms with van der Waals surface area (Å²) in [5, 5.41) is 1.27. The molecule has 0 unspecified atom stereocenters. The van der Waals surface area contributed by atoms with Gasteiger partial charge in [0.05, 0.1) is 13.2 Å². The van der Waals surface area contributed by atoms with Gasteiger partial charge in [-0.05, 0) is 37.8 Å². The molecular weight excluding hydrogens is 357 g/mol. The molecule has 1 aromatic carbocycles. The Hall–Kier alpha value is -0.320. The Bertz CT molecular complexity index is 539. The number of ether oxygens (including phenoxy) is 1. The lowest BCUT2D eigenvalue weighted by Gasteiger charge is -2.44. The van der Waals surface area contributed by atoms with Gasteiger partial charge in [-0.25, -0.2) is 0 Å². The van der Waals surface area contributed by atoms with Crippen LogP contribution < -0.4 is 0 Å². The minimum atomic E-state index is -0.326. The van der Waals surface area contributed by atoms with Gasteiger partial charge >= 0.3 is 0 Å². The Morgan fingerprint density at radius 2 is 1.78 bits per heavy atom. The van der Waals surface area contributed by atoms with Crippen LogP contribution in [0.2, 0.25) is 10.0 Å². The van der Waals surface area contributed by atoms with Crippen LogP contribution in [0.3, 0.4) is 0 Å². The molecule has 1 heterocycles. The van der Waals surface area contributed by atoms with Gasteiger partial charge in [0.2, 0.25) is 0 Å². The van der Waals surface area contributed by atoms with E-state index in [9.17, 15) is 4.79 Å². The fourth-order valence-electron chi connectivity index (χ4n) is 3.51. The van der Waals surface area contributed by atoms with E-state index in [4.69, 9.17) is 27.9 Å². The summed E-state index contributed by atoms with van der Waals surface area (Å²) in [5.74, 6) is 0.310. The molecule has 0 aromatic heterocycles. The molecule has 1 saturated heterocycles. The van der Waals surface area contributed by atoms with Gasteiger partial charge in [0.25, 0.3) is 0 Å². The highest BCUT2D eigenvalue weighted by Crippen LogP contribution is 2.38. The van der Waals surface area contributed by atoms with Crippen molar-refractivity contribution >= 4 is 41.4 Å². The lowest BCUT2D eigenvalue weighted by atomic mass is 9.90. The van der Waals surface area contributed by atoms with E-state index < -0.39 is 0 Å². The van der Waals surface area contributed by atoms with Crippen molar-refractivity contribution in [1.29, 1.82) is 0 Å². The molecule has 1 aliphatic heterocycles. The van der Waals surface area contributed by atoms with Crippen molar-refractivity contribution in [3.8, 4) is 0 Å². The van der Waals surface area contributed by atoms with E-state index in [0.29, 0.717) is 35.4 Å². The summed E-state index contributed by atoms with van der Waals surface area (Å²) in [6.45, 7) is 1.70. The SMILES string of the molecule is Cl.O=C1CCN(C2(OCc3c(Cl)cccc3Cl)CCCCC2)C1. The Kier molecular flexibility index (Phi) is 6.76. The molecule has 0 amide bonds. The molecule has 0 bridgehead atoms. The van der Waals surface area contributed by atoms with Crippen LogP contribution in [0.25, 0.3) is 0 Å². The topological polar surface area (TPSA) is 29.5 Å². The summed E-state index contributed by atoms with van der Waals surface area (Å²) in [6.07, 6.45) is 6.10. The second-order valence-electron chi connectivity index (χ2n) is 6.21. The second kappa shape index (κ2) is 8.17. The molecule has 2 fully saturated rings. The first kappa shape index (κ1) is 19.0. The van der Waals surface area contributed by atoms with Crippen molar-refractivity contribution < 1.29 is 9.53 Å².